The van der Waals surface area contributed by atoms with Crippen molar-refractivity contribution in [1.82, 2.24) is 14.1 Å². The van der Waals surface area contributed by atoms with E-state index in [1.54, 1.807) is 31.2 Å². The molecule has 1 fully saturated rings. The number of amides is 1. The quantitative estimate of drug-likeness (QED) is 0.301. The predicted molar refractivity (Wildman–Crippen MR) is 150 cm³/mol. The molecule has 1 aromatic carbocycles. The minimum atomic E-state index is -1.87. The number of carbonyl (C=O) groups excluding carboxylic acids is 1. The molecule has 0 aliphatic carbocycles. The van der Waals surface area contributed by atoms with Gasteiger partial charge in [0.2, 0.25) is 11.8 Å². The zero-order chi connectivity index (χ0) is 29.5. The second-order valence-corrected chi connectivity index (χ2v) is 11.4. The lowest BCUT2D eigenvalue weighted by atomic mass is 10.0. The summed E-state index contributed by atoms with van der Waals surface area (Å²) in [6.45, 7) is 5.16. The number of nitrogens with zero attached hydrogens (tertiary/aromatic N) is 3. The summed E-state index contributed by atoms with van der Waals surface area (Å²) in [5, 5.41) is 10.2. The van der Waals surface area contributed by atoms with Crippen LogP contribution in [0.1, 0.15) is 54.3 Å². The molecule has 4 heterocycles. The van der Waals surface area contributed by atoms with Gasteiger partial charge in [-0.2, -0.15) is 0 Å². The first-order valence-electron chi connectivity index (χ1n) is 13.1. The molecule has 1 aliphatic heterocycles. The third kappa shape index (κ3) is 5.11. The number of carboxylic acids is 1. The smallest absolute Gasteiger partial charge is 0.333 e. The van der Waals surface area contributed by atoms with Crippen LogP contribution in [0.4, 0.5) is 0 Å². The molecule has 0 saturated carbocycles. The van der Waals surface area contributed by atoms with Crippen molar-refractivity contribution in [2.75, 3.05) is 13.2 Å². The minimum Gasteiger partial charge on any atom is -0.480 e. The molecule has 3 aromatic heterocycles. The summed E-state index contributed by atoms with van der Waals surface area (Å²) < 4.78 is 19.6. The maximum absolute atomic E-state index is 14.1. The predicted octanol–water partition coefficient (Wildman–Crippen LogP) is 3.04. The summed E-state index contributed by atoms with van der Waals surface area (Å²) >= 11 is 1.14. The summed E-state index contributed by atoms with van der Waals surface area (Å²) in [6, 6.07) is 6.72. The van der Waals surface area contributed by atoms with Gasteiger partial charge in [0.1, 0.15) is 22.7 Å². The van der Waals surface area contributed by atoms with Gasteiger partial charge < -0.3 is 24.7 Å². The number of carbonyl (C=O) groups is 2. The number of thiophene rings is 1. The van der Waals surface area contributed by atoms with Crippen molar-refractivity contribution in [3.63, 3.8) is 0 Å². The number of primary amides is 1. The Morgan fingerprint density at radius 1 is 1.24 bits per heavy atom. The van der Waals surface area contributed by atoms with Crippen LogP contribution in [0.25, 0.3) is 21.0 Å². The number of carboxylic acid groups (broad SMARTS) is 1. The zero-order valence-corrected chi connectivity index (χ0v) is 23.6. The van der Waals surface area contributed by atoms with Gasteiger partial charge in [0.05, 0.1) is 29.1 Å². The first-order valence-corrected chi connectivity index (χ1v) is 13.9. The topological polar surface area (TPSA) is 169 Å². The summed E-state index contributed by atoms with van der Waals surface area (Å²) in [7, 11) is 0. The molecular weight excluding hydrogens is 552 g/mol. The number of aryl methyl sites for hydroxylation is 1. The fraction of sp³-hybridized carbons (Fsp3) is 0.393. The highest BCUT2D eigenvalue weighted by atomic mass is 32.1. The molecule has 0 unspecified atom stereocenters. The van der Waals surface area contributed by atoms with Gasteiger partial charge in [-0.1, -0.05) is 18.2 Å². The van der Waals surface area contributed by atoms with Crippen molar-refractivity contribution in [2.45, 2.75) is 57.9 Å². The van der Waals surface area contributed by atoms with Gasteiger partial charge in [-0.05, 0) is 50.8 Å². The van der Waals surface area contributed by atoms with Crippen LogP contribution in [0.2, 0.25) is 0 Å². The Balaban J connectivity index is 1.77. The molecule has 1 aliphatic rings. The number of oxazole rings is 1. The molecule has 13 heteroatoms. The number of rotatable bonds is 9. The second kappa shape index (κ2) is 11.1. The number of ether oxygens (including phenoxy) is 2. The van der Waals surface area contributed by atoms with Gasteiger partial charge in [-0.25, -0.2) is 19.1 Å². The van der Waals surface area contributed by atoms with E-state index in [4.69, 9.17) is 19.6 Å². The van der Waals surface area contributed by atoms with E-state index in [1.807, 2.05) is 0 Å². The SMILES string of the molecule is Cc1c(-c2ncco2)sc2c1c(=O)n(C(C)(C)C(=O)O)c(=O)n2C[C@@H](OC1CCOCC1)c1ccccc1C(N)=O. The first-order chi connectivity index (χ1) is 19.5. The Hall–Kier alpha value is -4.07. The van der Waals surface area contributed by atoms with E-state index in [2.05, 4.69) is 4.98 Å². The third-order valence-corrected chi connectivity index (χ3v) is 8.67. The van der Waals surface area contributed by atoms with E-state index in [9.17, 15) is 24.3 Å². The van der Waals surface area contributed by atoms with Crippen LogP contribution in [0.15, 0.2) is 50.7 Å². The highest BCUT2D eigenvalue weighted by molar-refractivity contribution is 7.22. The largest absolute Gasteiger partial charge is 0.480 e. The molecule has 1 saturated heterocycles. The molecule has 0 bridgehead atoms. The minimum absolute atomic E-state index is 0.127. The van der Waals surface area contributed by atoms with E-state index >= 15 is 0 Å². The summed E-state index contributed by atoms with van der Waals surface area (Å²) in [4.78, 5) is 57.6. The summed E-state index contributed by atoms with van der Waals surface area (Å²) in [5.41, 5.74) is 3.48. The lowest BCUT2D eigenvalue weighted by Crippen LogP contribution is -2.52. The number of aromatic nitrogens is 3. The molecule has 5 rings (SSSR count). The van der Waals surface area contributed by atoms with E-state index < -0.39 is 34.8 Å². The van der Waals surface area contributed by atoms with E-state index in [-0.39, 0.29) is 29.5 Å². The molecule has 0 spiro atoms. The Morgan fingerprint density at radius 3 is 2.59 bits per heavy atom. The van der Waals surface area contributed by atoms with Gasteiger partial charge in [-0.15, -0.1) is 11.3 Å². The van der Waals surface area contributed by atoms with Crippen LogP contribution in [0.5, 0.6) is 0 Å². The first kappa shape index (κ1) is 28.5. The maximum Gasteiger partial charge on any atom is 0.333 e. The molecule has 1 amide bonds. The lowest BCUT2D eigenvalue weighted by Gasteiger charge is -2.30. The van der Waals surface area contributed by atoms with E-state index in [0.29, 0.717) is 46.9 Å². The van der Waals surface area contributed by atoms with Gasteiger partial charge in [-0.3, -0.25) is 14.2 Å². The molecule has 1 atom stereocenters. The number of fused-ring (bicyclic) bond motifs is 1. The molecule has 3 N–H and O–H groups in total. The lowest BCUT2D eigenvalue weighted by molar-refractivity contribution is -0.146. The zero-order valence-electron chi connectivity index (χ0n) is 22.8. The fourth-order valence-corrected chi connectivity index (χ4v) is 6.30. The van der Waals surface area contributed by atoms with Crippen molar-refractivity contribution in [1.29, 1.82) is 0 Å². The Bertz CT molecular complexity index is 1730. The fourth-order valence-electron chi connectivity index (χ4n) is 5.06. The number of aliphatic carboxylic acids is 1. The third-order valence-electron chi connectivity index (χ3n) is 7.37. The summed E-state index contributed by atoms with van der Waals surface area (Å²) in [6.07, 6.45) is 3.02. The van der Waals surface area contributed by atoms with Crippen LogP contribution in [-0.2, 0) is 26.4 Å². The van der Waals surface area contributed by atoms with Gasteiger partial charge >= 0.3 is 11.7 Å². The molecule has 12 nitrogen and oxygen atoms in total. The molecule has 41 heavy (non-hydrogen) atoms. The average molecular weight is 583 g/mol. The Morgan fingerprint density at radius 2 is 1.95 bits per heavy atom. The van der Waals surface area contributed by atoms with Crippen molar-refractivity contribution in [3.05, 3.63) is 74.3 Å². The van der Waals surface area contributed by atoms with Gasteiger partial charge in [0.25, 0.3) is 5.56 Å². The molecule has 216 valence electrons. The van der Waals surface area contributed by atoms with Crippen molar-refractivity contribution in [3.8, 4) is 10.8 Å². The molecule has 4 aromatic rings. The Kier molecular flexibility index (Phi) is 7.68. The molecule has 0 radical (unpaired) electrons. The van der Waals surface area contributed by atoms with Crippen molar-refractivity contribution >= 4 is 33.4 Å². The monoisotopic (exact) mass is 582 g/mol. The van der Waals surface area contributed by atoms with Crippen LogP contribution in [-0.4, -0.2) is 50.4 Å². The van der Waals surface area contributed by atoms with Crippen LogP contribution >= 0.6 is 11.3 Å². The Labute approximate surface area is 237 Å². The maximum atomic E-state index is 14.1. The number of nitrogens with two attached hydrogens (primary N) is 1. The number of hydrogen-bond donors (Lipinski definition) is 2. The van der Waals surface area contributed by atoms with Crippen LogP contribution in [0, 0.1) is 6.92 Å². The van der Waals surface area contributed by atoms with Crippen molar-refractivity contribution < 1.29 is 28.6 Å². The van der Waals surface area contributed by atoms with Crippen LogP contribution < -0.4 is 17.0 Å². The van der Waals surface area contributed by atoms with Crippen molar-refractivity contribution in [2.24, 2.45) is 5.73 Å². The number of benzene rings is 1. The van der Waals surface area contributed by atoms with Gasteiger partial charge in [0, 0.05) is 18.8 Å². The van der Waals surface area contributed by atoms with Crippen LogP contribution in [0.3, 0.4) is 0 Å². The standard InChI is InChI=1S/C28H30N4O8S/c1-15-20-24(34)32(28(2,3)26(35)36)27(37)31(25(20)41-21(15)23-30-10-13-39-23)14-19(40-16-8-11-38-12-9-16)17-6-4-5-7-18(17)22(29)33/h4-7,10,13,16,19H,8-9,11-12,14H2,1-3H3,(H2,29,33)(H,35,36)/t19-/m1/s1. The van der Waals surface area contributed by atoms with E-state index in [1.165, 1.54) is 30.9 Å². The average Bonchev–Trinajstić information content (AvgIpc) is 3.59. The normalized spacial score (nSPS) is 15.3. The highest BCUT2D eigenvalue weighted by Gasteiger charge is 2.36. The van der Waals surface area contributed by atoms with E-state index in [0.717, 1.165) is 15.9 Å². The second-order valence-electron chi connectivity index (χ2n) is 10.4. The summed E-state index contributed by atoms with van der Waals surface area (Å²) in [5.74, 6) is -1.74. The highest BCUT2D eigenvalue weighted by Crippen LogP contribution is 2.37. The number of hydrogen-bond acceptors (Lipinski definition) is 9. The van der Waals surface area contributed by atoms with Gasteiger partial charge in [0.15, 0.2) is 0 Å². The molecular formula is C28H30N4O8S.